The number of halogens is 1. The zero-order valence-electron chi connectivity index (χ0n) is 10.6. The summed E-state index contributed by atoms with van der Waals surface area (Å²) in [5.41, 5.74) is 6.90. The standard InChI is InChI=1S/C13H16BrN3O2/c1-8-3-2-4-9(11(8)14)13(19)17-6-5-16-7-10(17)12(15)18/h2-4,10,16H,5-7H2,1H3,(H2,15,18). The van der Waals surface area contributed by atoms with Crippen molar-refractivity contribution in [2.24, 2.45) is 5.73 Å². The van der Waals surface area contributed by atoms with E-state index in [9.17, 15) is 9.59 Å². The highest BCUT2D eigenvalue weighted by molar-refractivity contribution is 9.10. The van der Waals surface area contributed by atoms with Crippen molar-refractivity contribution in [3.05, 3.63) is 33.8 Å². The molecule has 102 valence electrons. The number of nitrogens with one attached hydrogen (secondary N) is 1. The summed E-state index contributed by atoms with van der Waals surface area (Å²) in [7, 11) is 0. The Kier molecular flexibility index (Phi) is 4.21. The number of rotatable bonds is 2. The van der Waals surface area contributed by atoms with Gasteiger partial charge in [0.25, 0.3) is 5.91 Å². The number of piperazine rings is 1. The number of nitrogens with two attached hydrogens (primary N) is 1. The summed E-state index contributed by atoms with van der Waals surface area (Å²) in [5, 5.41) is 3.07. The molecule has 1 saturated heterocycles. The summed E-state index contributed by atoms with van der Waals surface area (Å²) >= 11 is 3.43. The summed E-state index contributed by atoms with van der Waals surface area (Å²) in [4.78, 5) is 25.5. The van der Waals surface area contributed by atoms with E-state index in [1.54, 1.807) is 11.0 Å². The first-order valence-electron chi connectivity index (χ1n) is 6.08. The molecular formula is C13H16BrN3O2. The smallest absolute Gasteiger partial charge is 0.255 e. The van der Waals surface area contributed by atoms with Crippen molar-refractivity contribution in [1.82, 2.24) is 10.2 Å². The van der Waals surface area contributed by atoms with Gasteiger partial charge in [-0.15, -0.1) is 0 Å². The van der Waals surface area contributed by atoms with Crippen LogP contribution in [0.15, 0.2) is 22.7 Å². The highest BCUT2D eigenvalue weighted by Crippen LogP contribution is 2.23. The van der Waals surface area contributed by atoms with E-state index in [4.69, 9.17) is 5.73 Å². The van der Waals surface area contributed by atoms with E-state index in [0.717, 1.165) is 10.0 Å². The third-order valence-corrected chi connectivity index (χ3v) is 4.31. The minimum absolute atomic E-state index is 0.166. The average Bonchev–Trinajstić information content (AvgIpc) is 2.41. The molecule has 6 heteroatoms. The molecule has 3 N–H and O–H groups in total. The highest BCUT2D eigenvalue weighted by atomic mass is 79.9. The molecule has 1 aromatic carbocycles. The third-order valence-electron chi connectivity index (χ3n) is 3.25. The van der Waals surface area contributed by atoms with E-state index in [1.807, 2.05) is 19.1 Å². The minimum Gasteiger partial charge on any atom is -0.368 e. The van der Waals surface area contributed by atoms with E-state index in [-0.39, 0.29) is 5.91 Å². The van der Waals surface area contributed by atoms with E-state index in [2.05, 4.69) is 21.2 Å². The molecule has 1 unspecified atom stereocenters. The summed E-state index contributed by atoms with van der Waals surface area (Å²) in [6.07, 6.45) is 0. The number of hydrogen-bond donors (Lipinski definition) is 2. The largest absolute Gasteiger partial charge is 0.368 e. The number of benzene rings is 1. The first kappa shape index (κ1) is 14.0. The maximum Gasteiger partial charge on any atom is 0.255 e. The second-order valence-electron chi connectivity index (χ2n) is 4.56. The van der Waals surface area contributed by atoms with Crippen molar-refractivity contribution in [1.29, 1.82) is 0 Å². The fourth-order valence-electron chi connectivity index (χ4n) is 2.17. The molecule has 0 aromatic heterocycles. The summed E-state index contributed by atoms with van der Waals surface area (Å²) in [6, 6.07) is 4.91. The second-order valence-corrected chi connectivity index (χ2v) is 5.35. The first-order chi connectivity index (χ1) is 9.02. The first-order valence-corrected chi connectivity index (χ1v) is 6.87. The zero-order chi connectivity index (χ0) is 14.0. The van der Waals surface area contributed by atoms with E-state index < -0.39 is 11.9 Å². The molecule has 1 aromatic rings. The maximum absolute atomic E-state index is 12.5. The van der Waals surface area contributed by atoms with Crippen LogP contribution in [0.25, 0.3) is 0 Å². The Labute approximate surface area is 120 Å². The van der Waals surface area contributed by atoms with Crippen molar-refractivity contribution in [3.8, 4) is 0 Å². The molecule has 2 rings (SSSR count). The number of carbonyl (C=O) groups excluding carboxylic acids is 2. The van der Waals surface area contributed by atoms with Gasteiger partial charge in [-0.3, -0.25) is 9.59 Å². The maximum atomic E-state index is 12.5. The Hall–Kier alpha value is -1.40. The molecule has 1 heterocycles. The van der Waals surface area contributed by atoms with Gasteiger partial charge in [-0.25, -0.2) is 0 Å². The van der Waals surface area contributed by atoms with Crippen LogP contribution >= 0.6 is 15.9 Å². The lowest BCUT2D eigenvalue weighted by atomic mass is 10.1. The van der Waals surface area contributed by atoms with Crippen LogP contribution in [0.2, 0.25) is 0 Å². The molecule has 1 atom stereocenters. The van der Waals surface area contributed by atoms with Crippen LogP contribution in [0.4, 0.5) is 0 Å². The van der Waals surface area contributed by atoms with Gasteiger partial charge in [-0.2, -0.15) is 0 Å². The monoisotopic (exact) mass is 325 g/mol. The molecule has 0 spiro atoms. The Bertz CT molecular complexity index is 519. The molecular weight excluding hydrogens is 310 g/mol. The van der Waals surface area contributed by atoms with Gasteiger partial charge < -0.3 is 16.0 Å². The Morgan fingerprint density at radius 2 is 2.21 bits per heavy atom. The molecule has 1 fully saturated rings. The van der Waals surface area contributed by atoms with Crippen molar-refractivity contribution in [3.63, 3.8) is 0 Å². The van der Waals surface area contributed by atoms with Gasteiger partial charge >= 0.3 is 0 Å². The normalized spacial score (nSPS) is 19.3. The van der Waals surface area contributed by atoms with Crippen LogP contribution in [-0.2, 0) is 4.79 Å². The summed E-state index contributed by atoms with van der Waals surface area (Å²) in [6.45, 7) is 3.47. The minimum atomic E-state index is -0.589. The van der Waals surface area contributed by atoms with Crippen molar-refractivity contribution >= 4 is 27.7 Å². The van der Waals surface area contributed by atoms with Gasteiger partial charge in [0, 0.05) is 24.1 Å². The SMILES string of the molecule is Cc1cccc(C(=O)N2CCNCC2C(N)=O)c1Br. The van der Waals surface area contributed by atoms with Crippen LogP contribution in [-0.4, -0.2) is 42.4 Å². The number of carbonyl (C=O) groups is 2. The Balaban J connectivity index is 2.31. The fourth-order valence-corrected chi connectivity index (χ4v) is 2.60. The lowest BCUT2D eigenvalue weighted by Crippen LogP contribution is -2.58. The van der Waals surface area contributed by atoms with Gasteiger partial charge in [0.15, 0.2) is 0 Å². The van der Waals surface area contributed by atoms with Crippen LogP contribution in [0.5, 0.6) is 0 Å². The van der Waals surface area contributed by atoms with Crippen LogP contribution in [0.1, 0.15) is 15.9 Å². The van der Waals surface area contributed by atoms with Gasteiger partial charge in [-0.05, 0) is 34.5 Å². The van der Waals surface area contributed by atoms with E-state index in [0.29, 0.717) is 25.2 Å². The molecule has 5 nitrogen and oxygen atoms in total. The zero-order valence-corrected chi connectivity index (χ0v) is 12.2. The Morgan fingerprint density at radius 1 is 1.47 bits per heavy atom. The van der Waals surface area contributed by atoms with Crippen LogP contribution < -0.4 is 11.1 Å². The molecule has 0 aliphatic carbocycles. The van der Waals surface area contributed by atoms with Crippen molar-refractivity contribution in [2.75, 3.05) is 19.6 Å². The molecule has 2 amide bonds. The van der Waals surface area contributed by atoms with Gasteiger partial charge in [-0.1, -0.05) is 12.1 Å². The Morgan fingerprint density at radius 3 is 2.89 bits per heavy atom. The van der Waals surface area contributed by atoms with Gasteiger partial charge in [0.2, 0.25) is 5.91 Å². The topological polar surface area (TPSA) is 75.4 Å². The highest BCUT2D eigenvalue weighted by Gasteiger charge is 2.31. The van der Waals surface area contributed by atoms with Crippen molar-refractivity contribution in [2.45, 2.75) is 13.0 Å². The molecule has 0 bridgehead atoms. The van der Waals surface area contributed by atoms with Crippen molar-refractivity contribution < 1.29 is 9.59 Å². The lowest BCUT2D eigenvalue weighted by molar-refractivity contribution is -0.122. The number of aryl methyl sites for hydroxylation is 1. The number of nitrogens with zero attached hydrogens (tertiary/aromatic N) is 1. The number of primary amides is 1. The van der Waals surface area contributed by atoms with E-state index >= 15 is 0 Å². The molecule has 0 radical (unpaired) electrons. The quantitative estimate of drug-likeness (QED) is 0.838. The van der Waals surface area contributed by atoms with Gasteiger partial charge in [0.1, 0.15) is 6.04 Å². The lowest BCUT2D eigenvalue weighted by Gasteiger charge is -2.34. The molecule has 19 heavy (non-hydrogen) atoms. The summed E-state index contributed by atoms with van der Waals surface area (Å²) < 4.78 is 0.766. The third kappa shape index (κ3) is 2.79. The number of hydrogen-bond acceptors (Lipinski definition) is 3. The predicted molar refractivity (Wildman–Crippen MR) is 75.8 cm³/mol. The molecule has 1 aliphatic heterocycles. The molecule has 1 aliphatic rings. The fraction of sp³-hybridized carbons (Fsp3) is 0.385. The molecule has 0 saturated carbocycles. The predicted octanol–water partition coefficient (Wildman–Crippen LogP) is 0.657. The average molecular weight is 326 g/mol. The van der Waals surface area contributed by atoms with Crippen LogP contribution in [0.3, 0.4) is 0 Å². The van der Waals surface area contributed by atoms with Gasteiger partial charge in [0.05, 0.1) is 5.56 Å². The van der Waals surface area contributed by atoms with E-state index in [1.165, 1.54) is 0 Å². The number of amides is 2. The van der Waals surface area contributed by atoms with Crippen LogP contribution in [0, 0.1) is 6.92 Å². The second kappa shape index (κ2) is 5.71. The summed E-state index contributed by atoms with van der Waals surface area (Å²) in [5.74, 6) is -0.648.